The number of nitrogens with zero attached hydrogens (tertiary/aromatic N) is 3. The van der Waals surface area contributed by atoms with Gasteiger partial charge >= 0.3 is 5.97 Å². The lowest BCUT2D eigenvalue weighted by molar-refractivity contribution is 0.0601. The van der Waals surface area contributed by atoms with E-state index in [1.807, 2.05) is 60.7 Å². The fraction of sp³-hybridized carbons (Fsp3) is 0.0370. The number of rotatable bonds is 3. The van der Waals surface area contributed by atoms with Crippen LogP contribution in [-0.2, 0) is 4.74 Å². The molecule has 0 atom stereocenters. The summed E-state index contributed by atoms with van der Waals surface area (Å²) >= 11 is 0. The lowest BCUT2D eigenvalue weighted by Gasteiger charge is -2.09. The van der Waals surface area contributed by atoms with Gasteiger partial charge < -0.3 is 4.74 Å². The van der Waals surface area contributed by atoms with Gasteiger partial charge in [0.25, 0.3) is 0 Å². The fourth-order valence-electron chi connectivity index (χ4n) is 4.42. The number of carbonyl (C=O) groups is 1. The Labute approximate surface area is 184 Å². The highest BCUT2D eigenvalue weighted by molar-refractivity contribution is 5.99. The molecule has 32 heavy (non-hydrogen) atoms. The molecule has 0 saturated carbocycles. The van der Waals surface area contributed by atoms with E-state index in [0.717, 1.165) is 44.7 Å². The number of para-hydroxylation sites is 3. The number of esters is 1. The molecule has 2 heterocycles. The van der Waals surface area contributed by atoms with Crippen molar-refractivity contribution in [3.8, 4) is 16.8 Å². The van der Waals surface area contributed by atoms with E-state index < -0.39 is 0 Å². The van der Waals surface area contributed by atoms with Crippen LogP contribution >= 0.6 is 0 Å². The number of benzene rings is 4. The fourth-order valence-corrected chi connectivity index (χ4v) is 4.42. The Kier molecular flexibility index (Phi) is 4.08. The predicted molar refractivity (Wildman–Crippen MR) is 126 cm³/mol. The van der Waals surface area contributed by atoms with Gasteiger partial charge in [0.05, 0.1) is 34.7 Å². The van der Waals surface area contributed by atoms with Gasteiger partial charge in [-0.25, -0.2) is 9.78 Å². The molecule has 0 unspecified atom stereocenters. The molecule has 0 spiro atoms. The van der Waals surface area contributed by atoms with Gasteiger partial charge in [-0.05, 0) is 53.6 Å². The maximum Gasteiger partial charge on any atom is 0.338 e. The third kappa shape index (κ3) is 2.65. The first-order valence-electron chi connectivity index (χ1n) is 10.4. The SMILES string of the molecule is COC(=O)c1ccccc1-c1ccc2c(c1)n1c3ccccc3nc1n2-c1ccccc1. The number of imidazole rings is 2. The molecule has 6 rings (SSSR count). The second-order valence-electron chi connectivity index (χ2n) is 7.65. The standard InChI is InChI=1S/C27H19N3O2/c1-32-26(31)21-12-6-5-11-20(21)18-15-16-24-25(17-18)30-23-14-8-7-13-22(23)28-27(30)29(24)19-9-3-2-4-10-19/h2-17H,1H3. The first kappa shape index (κ1) is 18.4. The molecule has 0 fully saturated rings. The summed E-state index contributed by atoms with van der Waals surface area (Å²) in [4.78, 5) is 17.3. The number of carbonyl (C=O) groups excluding carboxylic acids is 1. The van der Waals surface area contributed by atoms with Crippen molar-refractivity contribution < 1.29 is 9.53 Å². The maximum atomic E-state index is 12.4. The summed E-state index contributed by atoms with van der Waals surface area (Å²) < 4.78 is 9.36. The summed E-state index contributed by atoms with van der Waals surface area (Å²) in [7, 11) is 1.41. The highest BCUT2D eigenvalue weighted by Gasteiger charge is 2.19. The minimum absolute atomic E-state index is 0.346. The van der Waals surface area contributed by atoms with Crippen molar-refractivity contribution in [1.82, 2.24) is 14.0 Å². The normalized spacial score (nSPS) is 11.4. The van der Waals surface area contributed by atoms with E-state index in [0.29, 0.717) is 5.56 Å². The van der Waals surface area contributed by atoms with Gasteiger partial charge in [-0.3, -0.25) is 8.97 Å². The van der Waals surface area contributed by atoms with Gasteiger partial charge in [0, 0.05) is 5.69 Å². The number of ether oxygens (including phenoxy) is 1. The molecular formula is C27H19N3O2. The summed E-state index contributed by atoms with van der Waals surface area (Å²) in [5, 5.41) is 0. The Morgan fingerprint density at radius 1 is 0.781 bits per heavy atom. The van der Waals surface area contributed by atoms with Gasteiger partial charge in [0.15, 0.2) is 0 Å². The molecule has 0 bridgehead atoms. The molecule has 0 aliphatic heterocycles. The van der Waals surface area contributed by atoms with Crippen LogP contribution in [0.2, 0.25) is 0 Å². The third-order valence-corrected chi connectivity index (χ3v) is 5.86. The Hall–Kier alpha value is -4.38. The van der Waals surface area contributed by atoms with E-state index in [1.54, 1.807) is 6.07 Å². The topological polar surface area (TPSA) is 48.5 Å². The third-order valence-electron chi connectivity index (χ3n) is 5.86. The van der Waals surface area contributed by atoms with Crippen LogP contribution in [0.3, 0.4) is 0 Å². The quantitative estimate of drug-likeness (QED) is 0.338. The van der Waals surface area contributed by atoms with Crippen LogP contribution in [-0.4, -0.2) is 27.0 Å². The van der Waals surface area contributed by atoms with E-state index in [1.165, 1.54) is 7.11 Å². The van der Waals surface area contributed by atoms with Crippen molar-refractivity contribution in [3.05, 3.63) is 103 Å². The average molecular weight is 417 g/mol. The number of aromatic nitrogens is 3. The first-order chi connectivity index (χ1) is 15.8. The molecule has 0 aliphatic carbocycles. The lowest BCUT2D eigenvalue weighted by atomic mass is 9.99. The van der Waals surface area contributed by atoms with Crippen molar-refractivity contribution >= 4 is 33.8 Å². The Morgan fingerprint density at radius 2 is 1.53 bits per heavy atom. The second kappa shape index (κ2) is 7.10. The smallest absolute Gasteiger partial charge is 0.338 e. The van der Waals surface area contributed by atoms with Crippen LogP contribution in [0.4, 0.5) is 0 Å². The second-order valence-corrected chi connectivity index (χ2v) is 7.65. The van der Waals surface area contributed by atoms with Gasteiger partial charge in [-0.2, -0.15) is 0 Å². The predicted octanol–water partition coefficient (Wildman–Crippen LogP) is 5.89. The molecule has 0 radical (unpaired) electrons. The van der Waals surface area contributed by atoms with Crippen LogP contribution in [0.25, 0.3) is 44.7 Å². The zero-order chi connectivity index (χ0) is 21.7. The molecule has 6 aromatic rings. The van der Waals surface area contributed by atoms with Crippen LogP contribution in [0, 0.1) is 0 Å². The first-order valence-corrected chi connectivity index (χ1v) is 10.4. The molecule has 154 valence electrons. The summed E-state index contributed by atoms with van der Waals surface area (Å²) in [6.45, 7) is 0. The van der Waals surface area contributed by atoms with E-state index >= 15 is 0 Å². The Bertz CT molecular complexity index is 1630. The van der Waals surface area contributed by atoms with Crippen molar-refractivity contribution in [1.29, 1.82) is 0 Å². The summed E-state index contributed by atoms with van der Waals surface area (Å²) in [5.41, 5.74) is 7.43. The zero-order valence-corrected chi connectivity index (χ0v) is 17.4. The largest absolute Gasteiger partial charge is 0.465 e. The number of methoxy groups -OCH3 is 1. The molecule has 0 saturated heterocycles. The molecule has 5 nitrogen and oxygen atoms in total. The van der Waals surface area contributed by atoms with E-state index in [9.17, 15) is 4.79 Å². The zero-order valence-electron chi connectivity index (χ0n) is 17.4. The molecule has 0 N–H and O–H groups in total. The molecule has 5 heteroatoms. The minimum atomic E-state index is -0.346. The van der Waals surface area contributed by atoms with Gasteiger partial charge in [0.2, 0.25) is 5.78 Å². The van der Waals surface area contributed by atoms with Crippen LogP contribution in [0.5, 0.6) is 0 Å². The summed E-state index contributed by atoms with van der Waals surface area (Å²) in [6.07, 6.45) is 0. The highest BCUT2D eigenvalue weighted by Crippen LogP contribution is 2.33. The van der Waals surface area contributed by atoms with Crippen LogP contribution in [0.1, 0.15) is 10.4 Å². The van der Waals surface area contributed by atoms with Crippen molar-refractivity contribution in [2.75, 3.05) is 7.11 Å². The molecule has 4 aromatic carbocycles. The number of hydrogen-bond acceptors (Lipinski definition) is 3. The Morgan fingerprint density at radius 3 is 2.38 bits per heavy atom. The lowest BCUT2D eigenvalue weighted by Crippen LogP contribution is -2.03. The molecule has 2 aromatic heterocycles. The van der Waals surface area contributed by atoms with E-state index in [-0.39, 0.29) is 5.97 Å². The Balaban J connectivity index is 1.71. The molecular weight excluding hydrogens is 398 g/mol. The summed E-state index contributed by atoms with van der Waals surface area (Å²) in [5.74, 6) is 0.506. The number of fused-ring (bicyclic) bond motifs is 5. The van der Waals surface area contributed by atoms with E-state index in [4.69, 9.17) is 9.72 Å². The van der Waals surface area contributed by atoms with Gasteiger partial charge in [-0.1, -0.05) is 54.6 Å². The minimum Gasteiger partial charge on any atom is -0.465 e. The van der Waals surface area contributed by atoms with Crippen molar-refractivity contribution in [2.24, 2.45) is 0 Å². The highest BCUT2D eigenvalue weighted by atomic mass is 16.5. The van der Waals surface area contributed by atoms with Gasteiger partial charge in [0.1, 0.15) is 0 Å². The van der Waals surface area contributed by atoms with Crippen LogP contribution in [0.15, 0.2) is 97.1 Å². The molecule has 0 amide bonds. The summed E-state index contributed by atoms with van der Waals surface area (Å²) in [6, 6.07) is 32.2. The number of hydrogen-bond donors (Lipinski definition) is 0. The maximum absolute atomic E-state index is 12.4. The molecule has 0 aliphatic rings. The van der Waals surface area contributed by atoms with Crippen molar-refractivity contribution in [2.45, 2.75) is 0 Å². The van der Waals surface area contributed by atoms with Gasteiger partial charge in [-0.15, -0.1) is 0 Å². The van der Waals surface area contributed by atoms with Crippen molar-refractivity contribution in [3.63, 3.8) is 0 Å². The average Bonchev–Trinajstić information content (AvgIpc) is 3.38. The van der Waals surface area contributed by atoms with E-state index in [2.05, 4.69) is 39.3 Å². The van der Waals surface area contributed by atoms with Crippen LogP contribution < -0.4 is 0 Å². The monoisotopic (exact) mass is 417 g/mol.